The highest BCUT2D eigenvalue weighted by atomic mass is 16.2. The Labute approximate surface area is 166 Å². The fourth-order valence-electron chi connectivity index (χ4n) is 3.43. The molecule has 0 saturated carbocycles. The van der Waals surface area contributed by atoms with Crippen LogP contribution >= 0.6 is 0 Å². The first-order valence-electron chi connectivity index (χ1n) is 9.44. The first kappa shape index (κ1) is 21.4. The second kappa shape index (κ2) is 8.42. The molecule has 1 heterocycles. The molecule has 0 unspecified atom stereocenters. The van der Waals surface area contributed by atoms with E-state index < -0.39 is 0 Å². The Morgan fingerprint density at radius 1 is 0.929 bits per heavy atom. The molecule has 1 N–H and O–H groups in total. The van der Waals surface area contributed by atoms with E-state index in [1.165, 1.54) is 16.8 Å². The lowest BCUT2D eigenvalue weighted by Crippen LogP contribution is -2.42. The fourth-order valence-corrected chi connectivity index (χ4v) is 3.43. The summed E-state index contributed by atoms with van der Waals surface area (Å²) < 4.78 is 1.32. The van der Waals surface area contributed by atoms with E-state index in [2.05, 4.69) is 5.32 Å². The SMILES string of the molecule is Cc1cc(C)cc(C(=O)Nc2cc(C(=O)N(C(C)C)C(C)C)cn(C)c2=O)c1. The van der Waals surface area contributed by atoms with E-state index in [0.29, 0.717) is 11.1 Å². The molecule has 0 spiro atoms. The lowest BCUT2D eigenvalue weighted by molar-refractivity contribution is 0.0642. The van der Waals surface area contributed by atoms with Crippen molar-refractivity contribution in [3.63, 3.8) is 0 Å². The summed E-state index contributed by atoms with van der Waals surface area (Å²) in [6, 6.07) is 6.99. The van der Waals surface area contributed by atoms with Crippen molar-refractivity contribution in [2.75, 3.05) is 5.32 Å². The summed E-state index contributed by atoms with van der Waals surface area (Å²) >= 11 is 0. The van der Waals surface area contributed by atoms with Crippen LogP contribution in [-0.2, 0) is 7.05 Å². The molecular formula is C22H29N3O3. The second-order valence-electron chi connectivity index (χ2n) is 7.79. The molecule has 0 aliphatic carbocycles. The smallest absolute Gasteiger partial charge is 0.274 e. The van der Waals surface area contributed by atoms with Crippen molar-refractivity contribution in [3.8, 4) is 0 Å². The Hall–Kier alpha value is -2.89. The van der Waals surface area contributed by atoms with Crippen LogP contribution in [0.15, 0.2) is 35.3 Å². The van der Waals surface area contributed by atoms with Gasteiger partial charge < -0.3 is 14.8 Å². The molecular weight excluding hydrogens is 354 g/mol. The molecule has 0 radical (unpaired) electrons. The maximum Gasteiger partial charge on any atom is 0.274 e. The summed E-state index contributed by atoms with van der Waals surface area (Å²) in [5.74, 6) is -0.555. The van der Waals surface area contributed by atoms with E-state index in [0.717, 1.165) is 11.1 Å². The van der Waals surface area contributed by atoms with Gasteiger partial charge in [-0.05, 0) is 59.7 Å². The van der Waals surface area contributed by atoms with Gasteiger partial charge in [0.2, 0.25) is 0 Å². The molecule has 2 aromatic rings. The van der Waals surface area contributed by atoms with Gasteiger partial charge in [0, 0.05) is 30.9 Å². The summed E-state index contributed by atoms with van der Waals surface area (Å²) in [6.45, 7) is 11.6. The first-order valence-corrected chi connectivity index (χ1v) is 9.44. The van der Waals surface area contributed by atoms with Crippen LogP contribution in [0.1, 0.15) is 59.5 Å². The largest absolute Gasteiger partial charge is 0.334 e. The van der Waals surface area contributed by atoms with Crippen LogP contribution in [0, 0.1) is 13.8 Å². The van der Waals surface area contributed by atoms with Crippen molar-refractivity contribution < 1.29 is 9.59 Å². The van der Waals surface area contributed by atoms with Crippen molar-refractivity contribution in [1.82, 2.24) is 9.47 Å². The van der Waals surface area contributed by atoms with Crippen molar-refractivity contribution in [2.45, 2.75) is 53.6 Å². The van der Waals surface area contributed by atoms with Crippen LogP contribution < -0.4 is 10.9 Å². The van der Waals surface area contributed by atoms with Crippen molar-refractivity contribution >= 4 is 17.5 Å². The van der Waals surface area contributed by atoms with Gasteiger partial charge in [0.1, 0.15) is 5.69 Å². The number of carbonyl (C=O) groups is 2. The Kier molecular flexibility index (Phi) is 6.44. The monoisotopic (exact) mass is 383 g/mol. The van der Waals surface area contributed by atoms with E-state index in [1.54, 1.807) is 24.1 Å². The zero-order valence-electron chi connectivity index (χ0n) is 17.7. The molecule has 6 heteroatoms. The number of amides is 2. The zero-order valence-corrected chi connectivity index (χ0v) is 17.7. The average molecular weight is 383 g/mol. The van der Waals surface area contributed by atoms with Crippen LogP contribution in [0.3, 0.4) is 0 Å². The molecule has 1 aromatic carbocycles. The molecule has 0 bridgehead atoms. The number of benzene rings is 1. The van der Waals surface area contributed by atoms with Gasteiger partial charge in [0.05, 0.1) is 5.56 Å². The predicted octanol–water partition coefficient (Wildman–Crippen LogP) is 3.51. The third kappa shape index (κ3) is 4.68. The summed E-state index contributed by atoms with van der Waals surface area (Å²) in [5, 5.41) is 2.67. The van der Waals surface area contributed by atoms with Crippen LogP contribution in [0.25, 0.3) is 0 Å². The minimum absolute atomic E-state index is 0.0121. The van der Waals surface area contributed by atoms with Gasteiger partial charge >= 0.3 is 0 Å². The van der Waals surface area contributed by atoms with Gasteiger partial charge in [-0.1, -0.05) is 17.2 Å². The van der Waals surface area contributed by atoms with Crippen molar-refractivity contribution in [3.05, 3.63) is 63.1 Å². The predicted molar refractivity (Wildman–Crippen MR) is 112 cm³/mol. The van der Waals surface area contributed by atoms with Gasteiger partial charge in [-0.3, -0.25) is 14.4 Å². The standard InChI is InChI=1S/C22H29N3O3/c1-13(2)25(14(3)4)21(27)18-11-19(22(28)24(7)12-18)23-20(26)17-9-15(5)8-16(6)10-17/h8-14H,1-7H3,(H,23,26). The number of anilines is 1. The van der Waals surface area contributed by atoms with Crippen LogP contribution in [0.4, 0.5) is 5.69 Å². The van der Waals surface area contributed by atoms with Gasteiger partial charge in [-0.15, -0.1) is 0 Å². The lowest BCUT2D eigenvalue weighted by atomic mass is 10.1. The molecule has 0 saturated heterocycles. The topological polar surface area (TPSA) is 71.4 Å². The molecule has 0 aliphatic heterocycles. The highest BCUT2D eigenvalue weighted by Crippen LogP contribution is 2.15. The zero-order chi connectivity index (χ0) is 21.2. The summed E-state index contributed by atoms with van der Waals surface area (Å²) in [6.07, 6.45) is 1.51. The minimum Gasteiger partial charge on any atom is -0.334 e. The highest BCUT2D eigenvalue weighted by Gasteiger charge is 2.23. The highest BCUT2D eigenvalue weighted by molar-refractivity contribution is 6.05. The van der Waals surface area contributed by atoms with Crippen molar-refractivity contribution in [2.24, 2.45) is 7.05 Å². The molecule has 0 atom stereocenters. The van der Waals surface area contributed by atoms with Gasteiger partial charge in [0.15, 0.2) is 0 Å². The molecule has 0 fully saturated rings. The summed E-state index contributed by atoms with van der Waals surface area (Å²) in [4.78, 5) is 39.9. The number of aromatic nitrogens is 1. The number of rotatable bonds is 5. The van der Waals surface area contributed by atoms with E-state index in [1.807, 2.05) is 47.6 Å². The Balaban J connectivity index is 2.42. The number of nitrogens with zero attached hydrogens (tertiary/aromatic N) is 2. The number of hydrogen-bond acceptors (Lipinski definition) is 3. The maximum absolute atomic E-state index is 13.0. The Morgan fingerprint density at radius 3 is 1.96 bits per heavy atom. The summed E-state index contributed by atoms with van der Waals surface area (Å²) in [5.41, 5.74) is 2.49. The lowest BCUT2D eigenvalue weighted by Gasteiger charge is -2.31. The van der Waals surface area contributed by atoms with Gasteiger partial charge in [0.25, 0.3) is 17.4 Å². The Bertz CT molecular complexity index is 930. The van der Waals surface area contributed by atoms with Crippen LogP contribution in [-0.4, -0.2) is 33.4 Å². The van der Waals surface area contributed by atoms with E-state index in [-0.39, 0.29) is 35.1 Å². The second-order valence-corrected chi connectivity index (χ2v) is 7.79. The third-order valence-corrected chi connectivity index (χ3v) is 4.51. The quantitative estimate of drug-likeness (QED) is 0.859. The molecule has 28 heavy (non-hydrogen) atoms. The van der Waals surface area contributed by atoms with E-state index >= 15 is 0 Å². The molecule has 6 nitrogen and oxygen atoms in total. The van der Waals surface area contributed by atoms with Gasteiger partial charge in [-0.2, -0.15) is 0 Å². The molecule has 0 aliphatic rings. The Morgan fingerprint density at radius 2 is 1.46 bits per heavy atom. The number of nitrogens with one attached hydrogen (secondary N) is 1. The van der Waals surface area contributed by atoms with E-state index in [4.69, 9.17) is 0 Å². The van der Waals surface area contributed by atoms with Gasteiger partial charge in [-0.25, -0.2) is 0 Å². The van der Waals surface area contributed by atoms with Crippen LogP contribution in [0.5, 0.6) is 0 Å². The summed E-state index contributed by atoms with van der Waals surface area (Å²) in [7, 11) is 1.57. The number of aryl methyl sites for hydroxylation is 3. The van der Waals surface area contributed by atoms with Crippen LogP contribution in [0.2, 0.25) is 0 Å². The molecule has 150 valence electrons. The maximum atomic E-state index is 13.0. The molecule has 2 rings (SSSR count). The number of pyridine rings is 1. The van der Waals surface area contributed by atoms with E-state index in [9.17, 15) is 14.4 Å². The first-order chi connectivity index (χ1) is 13.0. The molecule has 1 aromatic heterocycles. The third-order valence-electron chi connectivity index (χ3n) is 4.51. The minimum atomic E-state index is -0.377. The molecule has 2 amide bonds. The fraction of sp³-hybridized carbons (Fsp3) is 0.409. The number of hydrogen-bond donors (Lipinski definition) is 1. The normalized spacial score (nSPS) is 11.0. The average Bonchev–Trinajstić information content (AvgIpc) is 2.57. The number of carbonyl (C=O) groups excluding carboxylic acids is 2. The van der Waals surface area contributed by atoms with Crippen molar-refractivity contribution in [1.29, 1.82) is 0 Å².